The van der Waals surface area contributed by atoms with E-state index in [1.54, 1.807) is 11.3 Å². The van der Waals surface area contributed by atoms with Crippen molar-refractivity contribution in [3.63, 3.8) is 0 Å². The topological polar surface area (TPSA) is 23.8 Å². The molecule has 1 aliphatic rings. The molecule has 2 rings (SSSR count). The van der Waals surface area contributed by atoms with Gasteiger partial charge in [0.05, 0.1) is 12.0 Å². The third-order valence-corrected chi connectivity index (χ3v) is 2.87. The quantitative estimate of drug-likeness (QED) is 0.601. The molecule has 2 unspecified atom stereocenters. The van der Waals surface area contributed by atoms with Crippen LogP contribution in [-0.4, -0.2) is 0 Å². The predicted octanol–water partition coefficient (Wildman–Crippen LogP) is 2.38. The lowest BCUT2D eigenvalue weighted by Gasteiger charge is -1.84. The summed E-state index contributed by atoms with van der Waals surface area (Å²) in [5.41, 5.74) is 0. The van der Waals surface area contributed by atoms with Crippen LogP contribution >= 0.6 is 11.3 Å². The van der Waals surface area contributed by atoms with Gasteiger partial charge in [-0.25, -0.2) is 0 Å². The minimum Gasteiger partial charge on any atom is -0.198 e. The van der Waals surface area contributed by atoms with Gasteiger partial charge in [0.15, 0.2) is 0 Å². The molecular weight excluding hydrogens is 142 g/mol. The Kier molecular flexibility index (Phi) is 1.25. The first kappa shape index (κ1) is 5.94. The summed E-state index contributed by atoms with van der Waals surface area (Å²) in [4.78, 5) is 1.38. The Morgan fingerprint density at radius 2 is 2.60 bits per heavy atom. The van der Waals surface area contributed by atoms with Crippen LogP contribution in [0, 0.1) is 17.2 Å². The van der Waals surface area contributed by atoms with E-state index in [-0.39, 0.29) is 0 Å². The van der Waals surface area contributed by atoms with Gasteiger partial charge in [-0.1, -0.05) is 6.07 Å². The van der Waals surface area contributed by atoms with E-state index in [1.807, 2.05) is 6.07 Å². The van der Waals surface area contributed by atoms with E-state index in [2.05, 4.69) is 17.5 Å². The molecule has 1 aromatic rings. The van der Waals surface area contributed by atoms with Gasteiger partial charge in [0, 0.05) is 10.8 Å². The van der Waals surface area contributed by atoms with Crippen molar-refractivity contribution in [1.82, 2.24) is 0 Å². The number of hydrogen-bond acceptors (Lipinski definition) is 2. The molecule has 10 heavy (non-hydrogen) atoms. The molecule has 1 saturated carbocycles. The molecule has 0 bridgehead atoms. The Hall–Kier alpha value is -0.810. The van der Waals surface area contributed by atoms with Crippen LogP contribution in [0.15, 0.2) is 17.5 Å². The van der Waals surface area contributed by atoms with Gasteiger partial charge >= 0.3 is 0 Å². The maximum Gasteiger partial charge on any atom is 0.0662 e. The molecule has 0 N–H and O–H groups in total. The lowest BCUT2D eigenvalue weighted by atomic mass is 10.3. The van der Waals surface area contributed by atoms with E-state index in [9.17, 15) is 0 Å². The van der Waals surface area contributed by atoms with Crippen molar-refractivity contribution in [2.45, 2.75) is 12.3 Å². The molecule has 0 spiro atoms. The van der Waals surface area contributed by atoms with Crippen LogP contribution in [0.2, 0.25) is 0 Å². The molecule has 0 saturated heterocycles. The molecule has 1 nitrogen and oxygen atoms in total. The zero-order valence-electron chi connectivity index (χ0n) is 5.45. The third-order valence-electron chi connectivity index (χ3n) is 1.86. The van der Waals surface area contributed by atoms with Gasteiger partial charge in [-0.2, -0.15) is 5.26 Å². The van der Waals surface area contributed by atoms with Crippen molar-refractivity contribution >= 4 is 11.3 Å². The number of hydrogen-bond donors (Lipinski definition) is 0. The van der Waals surface area contributed by atoms with Crippen LogP contribution in [0.5, 0.6) is 0 Å². The fourth-order valence-electron chi connectivity index (χ4n) is 1.15. The zero-order chi connectivity index (χ0) is 6.97. The Labute approximate surface area is 63.9 Å². The summed E-state index contributed by atoms with van der Waals surface area (Å²) in [6, 6.07) is 6.45. The van der Waals surface area contributed by atoms with E-state index < -0.39 is 0 Å². The van der Waals surface area contributed by atoms with Crippen molar-refractivity contribution in [1.29, 1.82) is 5.26 Å². The first-order valence-electron chi connectivity index (χ1n) is 3.35. The Balaban J connectivity index is 2.13. The van der Waals surface area contributed by atoms with Crippen LogP contribution in [0.25, 0.3) is 0 Å². The van der Waals surface area contributed by atoms with Gasteiger partial charge in [-0.15, -0.1) is 11.3 Å². The minimum atomic E-state index is 0.318. The summed E-state index contributed by atoms with van der Waals surface area (Å²) in [7, 11) is 0. The van der Waals surface area contributed by atoms with E-state index in [4.69, 9.17) is 5.26 Å². The molecule has 1 heterocycles. The first-order chi connectivity index (χ1) is 4.92. The first-order valence-corrected chi connectivity index (χ1v) is 4.23. The van der Waals surface area contributed by atoms with Gasteiger partial charge in [-0.05, 0) is 17.9 Å². The van der Waals surface area contributed by atoms with Gasteiger partial charge in [-0.3, -0.25) is 0 Å². The molecule has 0 aromatic carbocycles. The lowest BCUT2D eigenvalue weighted by Crippen LogP contribution is -1.72. The number of rotatable bonds is 1. The average Bonchev–Trinajstić information content (AvgIpc) is 2.56. The molecule has 1 aromatic heterocycles. The van der Waals surface area contributed by atoms with Crippen molar-refractivity contribution in [2.24, 2.45) is 5.92 Å². The van der Waals surface area contributed by atoms with Crippen molar-refractivity contribution in [3.8, 4) is 6.07 Å². The van der Waals surface area contributed by atoms with E-state index in [1.165, 1.54) is 4.88 Å². The summed E-state index contributed by atoms with van der Waals surface area (Å²) < 4.78 is 0. The molecule has 0 radical (unpaired) electrons. The molecule has 1 fully saturated rings. The largest absolute Gasteiger partial charge is 0.198 e. The molecule has 1 aliphatic carbocycles. The van der Waals surface area contributed by atoms with E-state index >= 15 is 0 Å². The van der Waals surface area contributed by atoms with Crippen LogP contribution < -0.4 is 0 Å². The SMILES string of the molecule is N#CC1CC1c1cccs1. The number of nitriles is 1. The summed E-state index contributed by atoms with van der Waals surface area (Å²) in [6.45, 7) is 0. The van der Waals surface area contributed by atoms with Crippen molar-refractivity contribution < 1.29 is 0 Å². The second-order valence-electron chi connectivity index (χ2n) is 2.59. The Morgan fingerprint density at radius 3 is 3.10 bits per heavy atom. The second kappa shape index (κ2) is 2.10. The predicted molar refractivity (Wildman–Crippen MR) is 40.8 cm³/mol. The van der Waals surface area contributed by atoms with Gasteiger partial charge in [0.25, 0.3) is 0 Å². The van der Waals surface area contributed by atoms with Crippen LogP contribution in [0.1, 0.15) is 17.2 Å². The highest BCUT2D eigenvalue weighted by Crippen LogP contribution is 2.48. The van der Waals surface area contributed by atoms with Crippen LogP contribution in [0.3, 0.4) is 0 Å². The highest BCUT2D eigenvalue weighted by molar-refractivity contribution is 7.10. The van der Waals surface area contributed by atoms with E-state index in [0.29, 0.717) is 11.8 Å². The highest BCUT2D eigenvalue weighted by atomic mass is 32.1. The molecular formula is C8H7NS. The minimum absolute atomic E-state index is 0.318. The molecule has 0 aliphatic heterocycles. The summed E-state index contributed by atoms with van der Waals surface area (Å²) in [5, 5.41) is 10.6. The van der Waals surface area contributed by atoms with Gasteiger partial charge in [0.1, 0.15) is 0 Å². The van der Waals surface area contributed by atoms with Gasteiger partial charge < -0.3 is 0 Å². The smallest absolute Gasteiger partial charge is 0.0662 e. The van der Waals surface area contributed by atoms with Crippen LogP contribution in [0.4, 0.5) is 0 Å². The molecule has 2 heteroatoms. The van der Waals surface area contributed by atoms with Crippen molar-refractivity contribution in [3.05, 3.63) is 22.4 Å². The standard InChI is InChI=1S/C8H7NS/c9-5-6-4-7(6)8-2-1-3-10-8/h1-3,6-7H,4H2. The molecule has 50 valence electrons. The van der Waals surface area contributed by atoms with E-state index in [0.717, 1.165) is 6.42 Å². The fraction of sp³-hybridized carbons (Fsp3) is 0.375. The monoisotopic (exact) mass is 149 g/mol. The second-order valence-corrected chi connectivity index (χ2v) is 3.57. The maximum atomic E-state index is 8.53. The Morgan fingerprint density at radius 1 is 1.70 bits per heavy atom. The normalized spacial score (nSPS) is 29.5. The zero-order valence-corrected chi connectivity index (χ0v) is 6.27. The molecule has 0 amide bonds. The lowest BCUT2D eigenvalue weighted by molar-refractivity contribution is 1.05. The highest BCUT2D eigenvalue weighted by Gasteiger charge is 2.38. The number of thiophene rings is 1. The summed E-state index contributed by atoms with van der Waals surface area (Å²) in [5.74, 6) is 0.892. The molecule has 2 atom stereocenters. The fourth-order valence-corrected chi connectivity index (χ4v) is 2.06. The third kappa shape index (κ3) is 0.833. The maximum absolute atomic E-state index is 8.53. The summed E-state index contributed by atoms with van der Waals surface area (Å²) in [6.07, 6.45) is 1.08. The number of nitrogens with zero attached hydrogens (tertiary/aromatic N) is 1. The van der Waals surface area contributed by atoms with Gasteiger partial charge in [0.2, 0.25) is 0 Å². The average molecular weight is 149 g/mol. The Bertz CT molecular complexity index is 257. The summed E-state index contributed by atoms with van der Waals surface area (Å²) >= 11 is 1.76. The van der Waals surface area contributed by atoms with Crippen LogP contribution in [-0.2, 0) is 0 Å². The van der Waals surface area contributed by atoms with Crippen molar-refractivity contribution in [2.75, 3.05) is 0 Å².